The minimum Gasteiger partial charge on any atom is -0.478 e. The van der Waals surface area contributed by atoms with Gasteiger partial charge in [-0.25, -0.2) is 4.79 Å². The fourth-order valence-corrected chi connectivity index (χ4v) is 1.54. The molecule has 0 radical (unpaired) electrons. The monoisotopic (exact) mass is 239 g/mol. The van der Waals surface area contributed by atoms with E-state index < -0.39 is 5.97 Å². The fraction of sp³-hybridized carbons (Fsp3) is 0. The maximum absolute atomic E-state index is 10.7. The molecule has 0 fully saturated rings. The van der Waals surface area contributed by atoms with E-state index in [4.69, 9.17) is 10.8 Å². The molecule has 0 aliphatic heterocycles. The Labute approximate surface area is 105 Å². The van der Waals surface area contributed by atoms with Crippen LogP contribution in [0.25, 0.3) is 12.2 Å². The van der Waals surface area contributed by atoms with Gasteiger partial charge in [0, 0.05) is 5.69 Å². The minimum atomic E-state index is -0.913. The molecule has 2 aromatic carbocycles. The number of anilines is 1. The molecule has 18 heavy (non-hydrogen) atoms. The zero-order chi connectivity index (χ0) is 13.0. The first-order valence-electron chi connectivity index (χ1n) is 5.52. The summed E-state index contributed by atoms with van der Waals surface area (Å²) in [7, 11) is 0. The van der Waals surface area contributed by atoms with Crippen LogP contribution in [0.3, 0.4) is 0 Å². The molecule has 90 valence electrons. The molecule has 0 amide bonds. The van der Waals surface area contributed by atoms with Gasteiger partial charge in [0.15, 0.2) is 0 Å². The summed E-state index contributed by atoms with van der Waals surface area (Å²) < 4.78 is 0. The Balaban J connectivity index is 2.13. The highest BCUT2D eigenvalue weighted by Gasteiger charge is 1.99. The summed E-state index contributed by atoms with van der Waals surface area (Å²) >= 11 is 0. The van der Waals surface area contributed by atoms with Crippen LogP contribution in [-0.4, -0.2) is 11.1 Å². The third kappa shape index (κ3) is 2.98. The lowest BCUT2D eigenvalue weighted by Crippen LogP contribution is -1.94. The first-order chi connectivity index (χ1) is 8.65. The average Bonchev–Trinajstić information content (AvgIpc) is 2.38. The van der Waals surface area contributed by atoms with E-state index in [1.807, 2.05) is 36.4 Å². The van der Waals surface area contributed by atoms with Gasteiger partial charge < -0.3 is 10.8 Å². The number of carboxylic acids is 1. The number of carboxylic acid groups (broad SMARTS) is 1. The van der Waals surface area contributed by atoms with Gasteiger partial charge in [0.2, 0.25) is 0 Å². The van der Waals surface area contributed by atoms with Gasteiger partial charge in [-0.2, -0.15) is 0 Å². The molecule has 0 aliphatic carbocycles. The van der Waals surface area contributed by atoms with Crippen molar-refractivity contribution in [1.29, 1.82) is 0 Å². The lowest BCUT2D eigenvalue weighted by Gasteiger charge is -1.97. The summed E-state index contributed by atoms with van der Waals surface area (Å²) in [5, 5.41) is 8.78. The van der Waals surface area contributed by atoms with E-state index in [9.17, 15) is 4.79 Å². The van der Waals surface area contributed by atoms with E-state index in [1.165, 1.54) is 0 Å². The lowest BCUT2D eigenvalue weighted by atomic mass is 10.1. The summed E-state index contributed by atoms with van der Waals surface area (Å²) in [6.45, 7) is 0. The number of nitrogen functional groups attached to an aromatic ring is 1. The van der Waals surface area contributed by atoms with Gasteiger partial charge in [0.25, 0.3) is 0 Å². The van der Waals surface area contributed by atoms with Gasteiger partial charge in [-0.1, -0.05) is 36.4 Å². The molecule has 0 aliphatic rings. The third-order valence-electron chi connectivity index (χ3n) is 2.56. The normalized spacial score (nSPS) is 10.7. The topological polar surface area (TPSA) is 63.3 Å². The standard InChI is InChI=1S/C15H13NO2/c16-14-9-5-12(6-10-14)2-1-11-3-7-13(8-4-11)15(17)18/h1-10H,16H2,(H,17,18)/b2-1-. The molecular formula is C15H13NO2. The summed E-state index contributed by atoms with van der Waals surface area (Å²) in [5.41, 5.74) is 8.63. The fourth-order valence-electron chi connectivity index (χ4n) is 1.54. The summed E-state index contributed by atoms with van der Waals surface area (Å²) in [5.74, 6) is -0.913. The van der Waals surface area contributed by atoms with Gasteiger partial charge in [0.1, 0.15) is 0 Å². The van der Waals surface area contributed by atoms with Crippen molar-refractivity contribution in [3.63, 3.8) is 0 Å². The van der Waals surface area contributed by atoms with E-state index in [2.05, 4.69) is 0 Å². The second kappa shape index (κ2) is 5.19. The zero-order valence-corrected chi connectivity index (χ0v) is 9.71. The van der Waals surface area contributed by atoms with E-state index in [-0.39, 0.29) is 0 Å². The Morgan fingerprint density at radius 3 is 1.78 bits per heavy atom. The summed E-state index contributed by atoms with van der Waals surface area (Å²) in [4.78, 5) is 10.7. The molecule has 2 rings (SSSR count). The first kappa shape index (κ1) is 11.9. The largest absolute Gasteiger partial charge is 0.478 e. The van der Waals surface area contributed by atoms with Crippen LogP contribution in [0.5, 0.6) is 0 Å². The second-order valence-electron chi connectivity index (χ2n) is 3.93. The van der Waals surface area contributed by atoms with Crippen LogP contribution in [0.15, 0.2) is 48.5 Å². The Kier molecular flexibility index (Phi) is 3.44. The highest BCUT2D eigenvalue weighted by atomic mass is 16.4. The van der Waals surface area contributed by atoms with Crippen molar-refractivity contribution in [2.24, 2.45) is 0 Å². The Bertz CT molecular complexity index is 568. The smallest absolute Gasteiger partial charge is 0.335 e. The third-order valence-corrected chi connectivity index (χ3v) is 2.56. The van der Waals surface area contributed by atoms with Gasteiger partial charge >= 0.3 is 5.97 Å². The number of rotatable bonds is 3. The average molecular weight is 239 g/mol. The second-order valence-corrected chi connectivity index (χ2v) is 3.93. The summed E-state index contributed by atoms with van der Waals surface area (Å²) in [6.07, 6.45) is 3.88. The Hall–Kier alpha value is -2.55. The van der Waals surface area contributed by atoms with Gasteiger partial charge in [-0.05, 0) is 35.4 Å². The quantitative estimate of drug-likeness (QED) is 0.639. The van der Waals surface area contributed by atoms with Crippen molar-refractivity contribution < 1.29 is 9.90 Å². The molecule has 0 saturated carbocycles. The zero-order valence-electron chi connectivity index (χ0n) is 9.71. The molecule has 0 spiro atoms. The van der Waals surface area contributed by atoms with Crippen LogP contribution in [-0.2, 0) is 0 Å². The molecule has 3 heteroatoms. The molecule has 0 saturated heterocycles. The number of hydrogen-bond donors (Lipinski definition) is 2. The molecular weight excluding hydrogens is 226 g/mol. The molecule has 0 atom stereocenters. The number of nitrogens with two attached hydrogens (primary N) is 1. The Morgan fingerprint density at radius 1 is 0.889 bits per heavy atom. The molecule has 0 unspecified atom stereocenters. The number of benzene rings is 2. The lowest BCUT2D eigenvalue weighted by molar-refractivity contribution is 0.0697. The predicted octanol–water partition coefficient (Wildman–Crippen LogP) is 3.14. The number of carbonyl (C=O) groups is 1. The van der Waals surface area contributed by atoms with Crippen molar-refractivity contribution >= 4 is 23.8 Å². The van der Waals surface area contributed by atoms with Gasteiger partial charge in [-0.3, -0.25) is 0 Å². The predicted molar refractivity (Wildman–Crippen MR) is 73.2 cm³/mol. The van der Waals surface area contributed by atoms with Crippen LogP contribution < -0.4 is 5.73 Å². The number of aromatic carboxylic acids is 1. The van der Waals surface area contributed by atoms with Crippen LogP contribution in [0.4, 0.5) is 5.69 Å². The van der Waals surface area contributed by atoms with E-state index >= 15 is 0 Å². The molecule has 0 aromatic heterocycles. The van der Waals surface area contributed by atoms with Crippen molar-refractivity contribution in [1.82, 2.24) is 0 Å². The number of hydrogen-bond acceptors (Lipinski definition) is 2. The van der Waals surface area contributed by atoms with Crippen LogP contribution in [0.1, 0.15) is 21.5 Å². The SMILES string of the molecule is Nc1ccc(/C=C\c2ccc(C(=O)O)cc2)cc1. The van der Waals surface area contributed by atoms with Crippen molar-refractivity contribution in [3.05, 3.63) is 65.2 Å². The van der Waals surface area contributed by atoms with E-state index in [1.54, 1.807) is 24.3 Å². The van der Waals surface area contributed by atoms with Crippen molar-refractivity contribution in [3.8, 4) is 0 Å². The van der Waals surface area contributed by atoms with Crippen molar-refractivity contribution in [2.75, 3.05) is 5.73 Å². The molecule has 3 N–H and O–H groups in total. The van der Waals surface area contributed by atoms with E-state index in [0.29, 0.717) is 5.56 Å². The summed E-state index contributed by atoms with van der Waals surface area (Å²) in [6, 6.07) is 14.3. The first-order valence-corrected chi connectivity index (χ1v) is 5.52. The Morgan fingerprint density at radius 2 is 1.33 bits per heavy atom. The van der Waals surface area contributed by atoms with Crippen LogP contribution in [0, 0.1) is 0 Å². The highest BCUT2D eigenvalue weighted by Crippen LogP contribution is 2.11. The highest BCUT2D eigenvalue weighted by molar-refractivity contribution is 5.88. The van der Waals surface area contributed by atoms with Crippen LogP contribution in [0.2, 0.25) is 0 Å². The van der Waals surface area contributed by atoms with Gasteiger partial charge in [-0.15, -0.1) is 0 Å². The van der Waals surface area contributed by atoms with E-state index in [0.717, 1.165) is 16.8 Å². The van der Waals surface area contributed by atoms with Crippen molar-refractivity contribution in [2.45, 2.75) is 0 Å². The molecule has 2 aromatic rings. The maximum Gasteiger partial charge on any atom is 0.335 e. The molecule has 0 heterocycles. The van der Waals surface area contributed by atoms with Crippen LogP contribution >= 0.6 is 0 Å². The molecule has 3 nitrogen and oxygen atoms in total. The molecule has 0 bridgehead atoms. The van der Waals surface area contributed by atoms with Gasteiger partial charge in [0.05, 0.1) is 5.56 Å². The maximum atomic E-state index is 10.7. The minimum absolute atomic E-state index is 0.291.